The standard InChI is InChI=1S/C20H20BrNO3/c21-15-6-2-1-5-13(15)18(23)17-14-9-8-12-11-20(14,25-19(17)24)16-7-3-4-10-22(12)16/h1-2,5-6,8-9,12,16,18,23H,3-4,7,10-11H2/t12-,16-,18?,20+/m1/s1. The summed E-state index contributed by atoms with van der Waals surface area (Å²) in [4.78, 5) is 15.3. The highest BCUT2D eigenvalue weighted by Crippen LogP contribution is 2.54. The van der Waals surface area contributed by atoms with E-state index in [-0.39, 0.29) is 12.0 Å². The van der Waals surface area contributed by atoms with Gasteiger partial charge in [-0.05, 0) is 31.0 Å². The minimum atomic E-state index is -0.976. The minimum Gasteiger partial charge on any atom is -0.449 e. The zero-order chi connectivity index (χ0) is 17.2. The number of aliphatic hydroxyl groups is 1. The number of halogens is 1. The molecule has 3 aliphatic heterocycles. The monoisotopic (exact) mass is 401 g/mol. The highest BCUT2D eigenvalue weighted by atomic mass is 79.9. The van der Waals surface area contributed by atoms with Gasteiger partial charge in [0.05, 0.1) is 11.6 Å². The van der Waals surface area contributed by atoms with E-state index in [0.29, 0.717) is 17.2 Å². The molecular formula is C20H20BrNO3. The first-order valence-corrected chi connectivity index (χ1v) is 9.75. The number of fused-ring (bicyclic) bond motifs is 3. The molecule has 1 N–H and O–H groups in total. The SMILES string of the molecule is O=C1O[C@@]23C[C@@H](C=CC2=C1C(O)c1ccccc1Br)N1CCCC[C@@H]13. The van der Waals surface area contributed by atoms with E-state index in [1.54, 1.807) is 0 Å². The first-order valence-electron chi connectivity index (χ1n) is 8.96. The van der Waals surface area contributed by atoms with Gasteiger partial charge in [0, 0.05) is 22.5 Å². The number of ether oxygens (including phenoxy) is 1. The molecular weight excluding hydrogens is 382 g/mol. The summed E-state index contributed by atoms with van der Waals surface area (Å²) in [5, 5.41) is 11.0. The van der Waals surface area contributed by atoms with Crippen molar-refractivity contribution in [2.75, 3.05) is 6.54 Å². The molecule has 4 nitrogen and oxygen atoms in total. The van der Waals surface area contributed by atoms with Crippen LogP contribution in [0.15, 0.2) is 52.0 Å². The average molecular weight is 402 g/mol. The van der Waals surface area contributed by atoms with Crippen LogP contribution in [0.5, 0.6) is 0 Å². The van der Waals surface area contributed by atoms with E-state index in [4.69, 9.17) is 4.74 Å². The number of carbonyl (C=O) groups excluding carboxylic acids is 1. The predicted molar refractivity (Wildman–Crippen MR) is 96.8 cm³/mol. The molecule has 1 unspecified atom stereocenters. The van der Waals surface area contributed by atoms with E-state index in [0.717, 1.165) is 29.4 Å². The second-order valence-corrected chi connectivity index (χ2v) is 8.26. The molecule has 2 bridgehead atoms. The number of benzene rings is 1. The maximum absolute atomic E-state index is 12.8. The molecule has 4 atom stereocenters. The van der Waals surface area contributed by atoms with Gasteiger partial charge >= 0.3 is 5.97 Å². The number of piperidine rings is 1. The summed E-state index contributed by atoms with van der Waals surface area (Å²) in [5.41, 5.74) is 1.45. The molecule has 0 radical (unpaired) electrons. The maximum atomic E-state index is 12.8. The predicted octanol–water partition coefficient (Wildman–Crippen LogP) is 3.27. The van der Waals surface area contributed by atoms with Crippen LogP contribution >= 0.6 is 15.9 Å². The average Bonchev–Trinajstić information content (AvgIpc) is 3.06. The topological polar surface area (TPSA) is 49.8 Å². The third-order valence-electron chi connectivity index (χ3n) is 6.22. The van der Waals surface area contributed by atoms with Gasteiger partial charge in [-0.15, -0.1) is 0 Å². The molecule has 2 fully saturated rings. The van der Waals surface area contributed by atoms with Crippen molar-refractivity contribution in [1.29, 1.82) is 0 Å². The summed E-state index contributed by atoms with van der Waals surface area (Å²) in [6.07, 6.45) is 7.49. The van der Waals surface area contributed by atoms with E-state index < -0.39 is 11.7 Å². The lowest BCUT2D eigenvalue weighted by Crippen LogP contribution is -2.48. The van der Waals surface area contributed by atoms with Crippen LogP contribution in [0.3, 0.4) is 0 Å². The molecule has 0 aromatic heterocycles. The Hall–Kier alpha value is -1.43. The Morgan fingerprint density at radius 2 is 2.16 bits per heavy atom. The van der Waals surface area contributed by atoms with Gasteiger partial charge in [-0.25, -0.2) is 4.79 Å². The Morgan fingerprint density at radius 1 is 1.32 bits per heavy atom. The van der Waals surface area contributed by atoms with Crippen molar-refractivity contribution < 1.29 is 14.6 Å². The van der Waals surface area contributed by atoms with Crippen LogP contribution in [0.4, 0.5) is 0 Å². The molecule has 1 aromatic rings. The van der Waals surface area contributed by atoms with Crippen molar-refractivity contribution in [2.45, 2.75) is 49.5 Å². The van der Waals surface area contributed by atoms with Crippen LogP contribution in [-0.2, 0) is 9.53 Å². The highest BCUT2D eigenvalue weighted by Gasteiger charge is 2.62. The fourth-order valence-electron chi connectivity index (χ4n) is 5.16. The summed E-state index contributed by atoms with van der Waals surface area (Å²) in [6.45, 7) is 1.06. The fourth-order valence-corrected chi connectivity index (χ4v) is 5.66. The molecule has 0 saturated carbocycles. The maximum Gasteiger partial charge on any atom is 0.338 e. The van der Waals surface area contributed by atoms with Crippen molar-refractivity contribution in [3.05, 3.63) is 57.6 Å². The molecule has 1 aromatic carbocycles. The van der Waals surface area contributed by atoms with Gasteiger partial charge in [-0.1, -0.05) is 52.7 Å². The normalized spacial score (nSPS) is 34.7. The quantitative estimate of drug-likeness (QED) is 0.772. The Morgan fingerprint density at radius 3 is 3.00 bits per heavy atom. The van der Waals surface area contributed by atoms with Gasteiger partial charge in [0.1, 0.15) is 6.10 Å². The van der Waals surface area contributed by atoms with Gasteiger partial charge in [0.15, 0.2) is 5.60 Å². The molecule has 1 aliphatic carbocycles. The van der Waals surface area contributed by atoms with Crippen LogP contribution in [-0.4, -0.2) is 40.2 Å². The number of rotatable bonds is 2. The molecule has 1 spiro atoms. The van der Waals surface area contributed by atoms with Gasteiger partial charge in [-0.2, -0.15) is 0 Å². The van der Waals surface area contributed by atoms with Crippen LogP contribution in [0, 0.1) is 0 Å². The first-order chi connectivity index (χ1) is 12.1. The number of esters is 1. The molecule has 4 aliphatic rings. The minimum absolute atomic E-state index is 0.240. The largest absolute Gasteiger partial charge is 0.449 e. The first kappa shape index (κ1) is 15.8. The van der Waals surface area contributed by atoms with E-state index in [1.165, 1.54) is 12.8 Å². The third-order valence-corrected chi connectivity index (χ3v) is 6.94. The second-order valence-electron chi connectivity index (χ2n) is 7.41. The summed E-state index contributed by atoms with van der Waals surface area (Å²) in [7, 11) is 0. The van der Waals surface area contributed by atoms with Crippen molar-refractivity contribution in [3.63, 3.8) is 0 Å². The van der Waals surface area contributed by atoms with E-state index in [2.05, 4.69) is 26.9 Å². The summed E-state index contributed by atoms with van der Waals surface area (Å²) in [6, 6.07) is 8.08. The van der Waals surface area contributed by atoms with Crippen LogP contribution < -0.4 is 0 Å². The molecule has 3 heterocycles. The Kier molecular flexibility index (Phi) is 3.50. The van der Waals surface area contributed by atoms with Crippen LogP contribution in [0.1, 0.15) is 37.4 Å². The van der Waals surface area contributed by atoms with Crippen LogP contribution in [0.25, 0.3) is 0 Å². The second kappa shape index (κ2) is 5.53. The number of carbonyl (C=O) groups is 1. The van der Waals surface area contributed by atoms with E-state index >= 15 is 0 Å². The van der Waals surface area contributed by atoms with E-state index in [1.807, 2.05) is 30.3 Å². The molecule has 5 rings (SSSR count). The number of nitrogens with zero attached hydrogens (tertiary/aromatic N) is 1. The van der Waals surface area contributed by atoms with Gasteiger partial charge < -0.3 is 9.84 Å². The lowest BCUT2D eigenvalue weighted by Gasteiger charge is -2.37. The third kappa shape index (κ3) is 2.09. The van der Waals surface area contributed by atoms with E-state index in [9.17, 15) is 9.90 Å². The summed E-state index contributed by atoms with van der Waals surface area (Å²) >= 11 is 3.49. The van der Waals surface area contributed by atoms with Gasteiger partial charge in [-0.3, -0.25) is 4.90 Å². The van der Waals surface area contributed by atoms with Gasteiger partial charge in [0.2, 0.25) is 0 Å². The Labute approximate surface area is 155 Å². The smallest absolute Gasteiger partial charge is 0.338 e. The highest BCUT2D eigenvalue weighted by molar-refractivity contribution is 9.10. The molecule has 2 saturated heterocycles. The lowest BCUT2D eigenvalue weighted by atomic mass is 9.78. The number of hydrogen-bond donors (Lipinski definition) is 1. The Bertz CT molecular complexity index is 817. The zero-order valence-electron chi connectivity index (χ0n) is 13.8. The lowest BCUT2D eigenvalue weighted by molar-refractivity contribution is -0.150. The number of aliphatic hydroxyl groups excluding tert-OH is 1. The van der Waals surface area contributed by atoms with Crippen molar-refractivity contribution >= 4 is 21.9 Å². The van der Waals surface area contributed by atoms with Crippen molar-refractivity contribution in [2.24, 2.45) is 0 Å². The Balaban J connectivity index is 1.63. The van der Waals surface area contributed by atoms with Crippen molar-refractivity contribution in [3.8, 4) is 0 Å². The molecule has 5 heteroatoms. The fraction of sp³-hybridized carbons (Fsp3) is 0.450. The summed E-state index contributed by atoms with van der Waals surface area (Å²) in [5.74, 6) is -0.365. The van der Waals surface area contributed by atoms with Gasteiger partial charge in [0.25, 0.3) is 0 Å². The van der Waals surface area contributed by atoms with Crippen LogP contribution in [0.2, 0.25) is 0 Å². The molecule has 25 heavy (non-hydrogen) atoms. The summed E-state index contributed by atoms with van der Waals surface area (Å²) < 4.78 is 6.83. The molecule has 0 amide bonds. The number of hydrogen-bond acceptors (Lipinski definition) is 4. The zero-order valence-corrected chi connectivity index (χ0v) is 15.4. The molecule has 130 valence electrons. The van der Waals surface area contributed by atoms with Crippen molar-refractivity contribution in [1.82, 2.24) is 4.90 Å².